The van der Waals surface area contributed by atoms with Gasteiger partial charge in [-0.15, -0.1) is 0 Å². The van der Waals surface area contributed by atoms with Crippen molar-refractivity contribution in [3.8, 4) is 0 Å². The van der Waals surface area contributed by atoms with Crippen LogP contribution in [0, 0.1) is 5.92 Å². The van der Waals surface area contributed by atoms with Gasteiger partial charge >= 0.3 is 5.97 Å². The van der Waals surface area contributed by atoms with Gasteiger partial charge in [-0.25, -0.2) is 0 Å². The fraction of sp³-hybridized carbons (Fsp3) is 0.818. The average Bonchev–Trinajstić information content (AvgIpc) is 2.25. The van der Waals surface area contributed by atoms with Crippen LogP contribution in [0.25, 0.3) is 0 Å². The normalized spacial score (nSPS) is 17.0. The van der Waals surface area contributed by atoms with Gasteiger partial charge in [0, 0.05) is 19.4 Å². The molecule has 0 aliphatic carbocycles. The predicted octanol–water partition coefficient (Wildman–Crippen LogP) is 0.357. The summed E-state index contributed by atoms with van der Waals surface area (Å²) < 4.78 is 0. The van der Waals surface area contributed by atoms with Crippen molar-refractivity contribution in [3.63, 3.8) is 0 Å². The zero-order chi connectivity index (χ0) is 11.8. The first-order valence-electron chi connectivity index (χ1n) is 5.87. The third-order valence-corrected chi connectivity index (χ3v) is 2.82. The maximum Gasteiger partial charge on any atom is 0.303 e. The van der Waals surface area contributed by atoms with Gasteiger partial charge in [-0.2, -0.15) is 0 Å². The van der Waals surface area contributed by atoms with E-state index in [1.165, 1.54) is 0 Å². The Morgan fingerprint density at radius 1 is 1.31 bits per heavy atom. The number of carboxylic acids is 1. The molecule has 0 aromatic carbocycles. The smallest absolute Gasteiger partial charge is 0.303 e. The zero-order valence-corrected chi connectivity index (χ0v) is 9.50. The first kappa shape index (κ1) is 13.0. The number of amides is 1. The summed E-state index contributed by atoms with van der Waals surface area (Å²) in [4.78, 5) is 21.7. The van der Waals surface area contributed by atoms with Crippen molar-refractivity contribution in [1.29, 1.82) is 0 Å². The molecule has 0 radical (unpaired) electrons. The Balaban J connectivity index is 2.03. The van der Waals surface area contributed by atoms with Gasteiger partial charge in [0.15, 0.2) is 0 Å². The third-order valence-electron chi connectivity index (χ3n) is 2.82. The van der Waals surface area contributed by atoms with E-state index in [-0.39, 0.29) is 12.3 Å². The van der Waals surface area contributed by atoms with Crippen LogP contribution in [-0.4, -0.2) is 36.6 Å². The molecule has 92 valence electrons. The van der Waals surface area contributed by atoms with E-state index in [0.717, 1.165) is 25.9 Å². The monoisotopic (exact) mass is 228 g/mol. The quantitative estimate of drug-likeness (QED) is 0.573. The molecular formula is C11H20N2O3. The summed E-state index contributed by atoms with van der Waals surface area (Å²) in [6, 6.07) is 0. The number of hydrogen-bond acceptors (Lipinski definition) is 3. The minimum absolute atomic E-state index is 0.0530. The second-order valence-corrected chi connectivity index (χ2v) is 4.24. The van der Waals surface area contributed by atoms with Gasteiger partial charge in [0.1, 0.15) is 0 Å². The number of carbonyl (C=O) groups is 2. The van der Waals surface area contributed by atoms with Crippen LogP contribution in [0.1, 0.15) is 32.1 Å². The Morgan fingerprint density at radius 2 is 2.00 bits per heavy atom. The highest BCUT2D eigenvalue weighted by Gasteiger charge is 2.16. The van der Waals surface area contributed by atoms with E-state index >= 15 is 0 Å². The maximum absolute atomic E-state index is 11.5. The first-order valence-corrected chi connectivity index (χ1v) is 5.87. The SMILES string of the molecule is O=C(O)CCCNC(=O)CC1CCNCC1. The highest BCUT2D eigenvalue weighted by atomic mass is 16.4. The molecule has 0 aromatic heterocycles. The molecule has 1 aliphatic heterocycles. The summed E-state index contributed by atoms with van der Waals surface area (Å²) in [6.07, 6.45) is 3.32. The van der Waals surface area contributed by atoms with E-state index in [0.29, 0.717) is 25.3 Å². The summed E-state index contributed by atoms with van der Waals surface area (Å²) in [5.74, 6) is -0.273. The number of piperidine rings is 1. The molecule has 0 aromatic rings. The van der Waals surface area contributed by atoms with Crippen molar-refractivity contribution in [2.75, 3.05) is 19.6 Å². The molecule has 1 aliphatic rings. The van der Waals surface area contributed by atoms with Crippen LogP contribution in [0.2, 0.25) is 0 Å². The van der Waals surface area contributed by atoms with Gasteiger partial charge in [0.05, 0.1) is 0 Å². The number of aliphatic carboxylic acids is 1. The molecule has 0 saturated carbocycles. The van der Waals surface area contributed by atoms with Crippen LogP contribution < -0.4 is 10.6 Å². The molecule has 1 amide bonds. The van der Waals surface area contributed by atoms with E-state index in [9.17, 15) is 9.59 Å². The van der Waals surface area contributed by atoms with Crippen LogP contribution in [-0.2, 0) is 9.59 Å². The molecule has 1 fully saturated rings. The molecule has 0 unspecified atom stereocenters. The Hall–Kier alpha value is -1.10. The van der Waals surface area contributed by atoms with Crippen LogP contribution in [0.3, 0.4) is 0 Å². The van der Waals surface area contributed by atoms with Crippen molar-refractivity contribution in [2.24, 2.45) is 5.92 Å². The summed E-state index contributed by atoms with van der Waals surface area (Å²) in [7, 11) is 0. The first-order chi connectivity index (χ1) is 7.68. The summed E-state index contributed by atoms with van der Waals surface area (Å²) in [5, 5.41) is 14.4. The van der Waals surface area contributed by atoms with E-state index in [1.54, 1.807) is 0 Å². The lowest BCUT2D eigenvalue weighted by atomic mass is 9.94. The number of hydrogen-bond donors (Lipinski definition) is 3. The third kappa shape index (κ3) is 5.70. The molecule has 5 heteroatoms. The van der Waals surface area contributed by atoms with Crippen molar-refractivity contribution < 1.29 is 14.7 Å². The Bertz CT molecular complexity index is 237. The minimum atomic E-state index is -0.812. The van der Waals surface area contributed by atoms with Gasteiger partial charge in [0.2, 0.25) is 5.91 Å². The van der Waals surface area contributed by atoms with Crippen molar-refractivity contribution in [2.45, 2.75) is 32.1 Å². The molecule has 1 saturated heterocycles. The summed E-state index contributed by atoms with van der Waals surface area (Å²) in [6.45, 7) is 2.46. The summed E-state index contributed by atoms with van der Waals surface area (Å²) >= 11 is 0. The number of rotatable bonds is 6. The van der Waals surface area contributed by atoms with Crippen LogP contribution in [0.4, 0.5) is 0 Å². The lowest BCUT2D eigenvalue weighted by molar-refractivity contribution is -0.137. The summed E-state index contributed by atoms with van der Waals surface area (Å²) in [5.41, 5.74) is 0. The molecule has 0 atom stereocenters. The fourth-order valence-corrected chi connectivity index (χ4v) is 1.89. The van der Waals surface area contributed by atoms with Gasteiger partial charge in [-0.1, -0.05) is 0 Å². The Morgan fingerprint density at radius 3 is 2.62 bits per heavy atom. The molecule has 0 spiro atoms. The second-order valence-electron chi connectivity index (χ2n) is 4.24. The highest BCUT2D eigenvalue weighted by Crippen LogP contribution is 2.15. The van der Waals surface area contributed by atoms with Crippen molar-refractivity contribution >= 4 is 11.9 Å². The number of nitrogens with one attached hydrogen (secondary N) is 2. The molecule has 16 heavy (non-hydrogen) atoms. The van der Waals surface area contributed by atoms with Gasteiger partial charge < -0.3 is 15.7 Å². The van der Waals surface area contributed by atoms with E-state index in [1.807, 2.05) is 0 Å². The maximum atomic E-state index is 11.5. The van der Waals surface area contributed by atoms with Crippen molar-refractivity contribution in [1.82, 2.24) is 10.6 Å². The lowest BCUT2D eigenvalue weighted by Crippen LogP contribution is -2.32. The van der Waals surface area contributed by atoms with Crippen LogP contribution in [0.5, 0.6) is 0 Å². The molecule has 1 rings (SSSR count). The highest BCUT2D eigenvalue weighted by molar-refractivity contribution is 5.76. The molecule has 0 bridgehead atoms. The van der Waals surface area contributed by atoms with Gasteiger partial charge in [-0.05, 0) is 38.3 Å². The average molecular weight is 228 g/mol. The van der Waals surface area contributed by atoms with Crippen LogP contribution in [0.15, 0.2) is 0 Å². The van der Waals surface area contributed by atoms with Gasteiger partial charge in [-0.3, -0.25) is 9.59 Å². The van der Waals surface area contributed by atoms with Crippen LogP contribution >= 0.6 is 0 Å². The van der Waals surface area contributed by atoms with E-state index in [4.69, 9.17) is 5.11 Å². The number of carbonyl (C=O) groups excluding carboxylic acids is 1. The minimum Gasteiger partial charge on any atom is -0.481 e. The standard InChI is InChI=1S/C11H20N2O3/c14-10(13-5-1-2-11(15)16)8-9-3-6-12-7-4-9/h9,12H,1-8H2,(H,13,14)(H,15,16). The number of carboxylic acid groups (broad SMARTS) is 1. The Kier molecular flexibility index (Phi) is 5.85. The Labute approximate surface area is 95.6 Å². The largest absolute Gasteiger partial charge is 0.481 e. The van der Waals surface area contributed by atoms with Crippen molar-refractivity contribution in [3.05, 3.63) is 0 Å². The zero-order valence-electron chi connectivity index (χ0n) is 9.50. The van der Waals surface area contributed by atoms with E-state index in [2.05, 4.69) is 10.6 Å². The predicted molar refractivity (Wildman–Crippen MR) is 60.1 cm³/mol. The van der Waals surface area contributed by atoms with E-state index < -0.39 is 5.97 Å². The molecular weight excluding hydrogens is 208 g/mol. The van der Waals surface area contributed by atoms with Gasteiger partial charge in [0.25, 0.3) is 0 Å². The molecule has 3 N–H and O–H groups in total. The molecule has 1 heterocycles. The fourth-order valence-electron chi connectivity index (χ4n) is 1.89. The lowest BCUT2D eigenvalue weighted by Gasteiger charge is -2.21. The topological polar surface area (TPSA) is 78.4 Å². The second kappa shape index (κ2) is 7.22. The molecule has 5 nitrogen and oxygen atoms in total.